The number of carbonyl (C=O) groups is 1. The van der Waals surface area contributed by atoms with Gasteiger partial charge >= 0.3 is 6.03 Å². The van der Waals surface area contributed by atoms with Crippen molar-refractivity contribution >= 4 is 36.0 Å². The maximum absolute atomic E-state index is 13.7. The third-order valence-corrected chi connectivity index (χ3v) is 4.32. The highest BCUT2D eigenvalue weighted by Crippen LogP contribution is 2.13. The van der Waals surface area contributed by atoms with Gasteiger partial charge in [-0.3, -0.25) is 0 Å². The number of guanidine groups is 1. The summed E-state index contributed by atoms with van der Waals surface area (Å²) >= 11 is 0. The van der Waals surface area contributed by atoms with Crippen molar-refractivity contribution in [1.29, 1.82) is 0 Å². The molecule has 0 radical (unpaired) electrons. The lowest BCUT2D eigenvalue weighted by Gasteiger charge is -2.32. The van der Waals surface area contributed by atoms with Crippen LogP contribution in [-0.4, -0.2) is 49.7 Å². The van der Waals surface area contributed by atoms with Crippen LogP contribution in [0.5, 0.6) is 0 Å². The van der Waals surface area contributed by atoms with E-state index in [0.29, 0.717) is 31.2 Å². The largest absolute Gasteiger partial charge is 0.380 e. The summed E-state index contributed by atoms with van der Waals surface area (Å²) in [6, 6.07) is 4.82. The molecule has 0 atom stereocenters. The minimum Gasteiger partial charge on any atom is -0.380 e. The first kappa shape index (κ1) is 23.4. The van der Waals surface area contributed by atoms with Crippen LogP contribution in [-0.2, 0) is 17.9 Å². The van der Waals surface area contributed by atoms with Crippen molar-refractivity contribution in [2.24, 2.45) is 10.7 Å². The molecule has 1 heterocycles. The van der Waals surface area contributed by atoms with Crippen LogP contribution >= 0.6 is 24.0 Å². The Hall–Kier alpha value is -1.62. The number of carbonyl (C=O) groups excluding carboxylic acids is 1. The van der Waals surface area contributed by atoms with Crippen molar-refractivity contribution in [3.63, 3.8) is 0 Å². The molecule has 1 aliphatic heterocycles. The maximum atomic E-state index is 13.7. The first-order valence-electron chi connectivity index (χ1n) is 8.89. The van der Waals surface area contributed by atoms with Crippen molar-refractivity contribution in [3.05, 3.63) is 35.1 Å². The number of amides is 2. The standard InChI is InChI=1S/C18H28FN5O2.HI/c1-3-21-18(23-15-6-8-24(9-7-15)17(20)25)22-11-13-4-5-16(19)14(10-13)12-26-2;/h4-5,10,15H,3,6-9,11-12H2,1-2H3,(H2,20,25)(H2,21,22,23);1H. The van der Waals surface area contributed by atoms with Crippen molar-refractivity contribution in [1.82, 2.24) is 15.5 Å². The Morgan fingerprint density at radius 2 is 2.11 bits per heavy atom. The number of hydrogen-bond acceptors (Lipinski definition) is 3. The SMILES string of the molecule is CCNC(=NCc1ccc(F)c(COC)c1)NC1CCN(C(N)=O)CC1.I. The van der Waals surface area contributed by atoms with Crippen LogP contribution in [0, 0.1) is 5.82 Å². The number of nitrogens with one attached hydrogen (secondary N) is 2. The van der Waals surface area contributed by atoms with Gasteiger partial charge < -0.3 is 26.0 Å². The summed E-state index contributed by atoms with van der Waals surface area (Å²) in [5.41, 5.74) is 6.75. The number of methoxy groups -OCH3 is 1. The fraction of sp³-hybridized carbons (Fsp3) is 0.556. The lowest BCUT2D eigenvalue weighted by molar-refractivity contribution is 0.181. The van der Waals surface area contributed by atoms with Crippen molar-refractivity contribution in [2.75, 3.05) is 26.7 Å². The van der Waals surface area contributed by atoms with Gasteiger partial charge in [0.25, 0.3) is 0 Å². The molecule has 0 aromatic heterocycles. The van der Waals surface area contributed by atoms with Gasteiger partial charge in [-0.05, 0) is 37.5 Å². The Kier molecular flexibility index (Phi) is 10.4. The number of ether oxygens (including phenoxy) is 1. The van der Waals surface area contributed by atoms with Gasteiger partial charge in [-0.15, -0.1) is 24.0 Å². The Labute approximate surface area is 176 Å². The number of aliphatic imine (C=N–C) groups is 1. The van der Waals surface area contributed by atoms with E-state index in [0.717, 1.165) is 24.9 Å². The predicted molar refractivity (Wildman–Crippen MR) is 115 cm³/mol. The van der Waals surface area contributed by atoms with Crippen molar-refractivity contribution in [2.45, 2.75) is 39.0 Å². The molecule has 9 heteroatoms. The van der Waals surface area contributed by atoms with Crippen LogP contribution in [0.2, 0.25) is 0 Å². The van der Waals surface area contributed by atoms with Gasteiger partial charge in [0.15, 0.2) is 5.96 Å². The number of nitrogens with two attached hydrogens (primary N) is 1. The number of benzene rings is 1. The van der Waals surface area contributed by atoms with Crippen LogP contribution in [0.3, 0.4) is 0 Å². The molecule has 1 saturated heterocycles. The fourth-order valence-electron chi connectivity index (χ4n) is 2.92. The quantitative estimate of drug-likeness (QED) is 0.322. The molecule has 2 amide bonds. The average molecular weight is 493 g/mol. The predicted octanol–water partition coefficient (Wildman–Crippen LogP) is 2.19. The van der Waals surface area contributed by atoms with Crippen LogP contribution in [0.25, 0.3) is 0 Å². The molecule has 27 heavy (non-hydrogen) atoms. The van der Waals surface area contributed by atoms with Gasteiger partial charge in [-0.25, -0.2) is 14.2 Å². The number of primary amides is 1. The topological polar surface area (TPSA) is 92.0 Å². The Morgan fingerprint density at radius 3 is 2.70 bits per heavy atom. The highest BCUT2D eigenvalue weighted by atomic mass is 127. The van der Waals surface area contributed by atoms with Gasteiger partial charge in [0.1, 0.15) is 5.82 Å². The fourth-order valence-corrected chi connectivity index (χ4v) is 2.92. The zero-order chi connectivity index (χ0) is 18.9. The van der Waals surface area contributed by atoms with Gasteiger partial charge in [0.2, 0.25) is 0 Å². The number of likely N-dealkylation sites (tertiary alicyclic amines) is 1. The van der Waals surface area contributed by atoms with Gasteiger partial charge in [-0.2, -0.15) is 0 Å². The molecule has 0 spiro atoms. The van der Waals surface area contributed by atoms with E-state index in [9.17, 15) is 9.18 Å². The van der Waals surface area contributed by atoms with E-state index >= 15 is 0 Å². The van der Waals surface area contributed by atoms with E-state index in [1.54, 1.807) is 24.1 Å². The van der Waals surface area contributed by atoms with Crippen LogP contribution in [0.15, 0.2) is 23.2 Å². The molecule has 1 aliphatic rings. The molecule has 0 saturated carbocycles. The van der Waals surface area contributed by atoms with Crippen LogP contribution in [0.1, 0.15) is 30.9 Å². The van der Waals surface area contributed by atoms with Crippen LogP contribution < -0.4 is 16.4 Å². The maximum Gasteiger partial charge on any atom is 0.314 e. The number of piperidine rings is 1. The van der Waals surface area contributed by atoms with E-state index in [1.807, 2.05) is 6.92 Å². The molecule has 2 rings (SSSR count). The normalized spacial score (nSPS) is 15.2. The van der Waals surface area contributed by atoms with Crippen molar-refractivity contribution in [3.8, 4) is 0 Å². The summed E-state index contributed by atoms with van der Waals surface area (Å²) in [5.74, 6) is 0.438. The number of nitrogens with zero attached hydrogens (tertiary/aromatic N) is 2. The molecule has 0 bridgehead atoms. The van der Waals surface area contributed by atoms with Crippen molar-refractivity contribution < 1.29 is 13.9 Å². The lowest BCUT2D eigenvalue weighted by Crippen LogP contribution is -2.50. The molecule has 0 unspecified atom stereocenters. The summed E-state index contributed by atoms with van der Waals surface area (Å²) in [6.45, 7) is 4.70. The lowest BCUT2D eigenvalue weighted by atomic mass is 10.1. The number of urea groups is 1. The summed E-state index contributed by atoms with van der Waals surface area (Å²) in [7, 11) is 1.54. The van der Waals surface area contributed by atoms with E-state index in [4.69, 9.17) is 10.5 Å². The molecular weight excluding hydrogens is 464 g/mol. The second kappa shape index (κ2) is 12.0. The highest BCUT2D eigenvalue weighted by molar-refractivity contribution is 14.0. The summed E-state index contributed by atoms with van der Waals surface area (Å²) < 4.78 is 18.7. The monoisotopic (exact) mass is 493 g/mol. The number of rotatable bonds is 6. The Balaban J connectivity index is 0.00000364. The van der Waals surface area contributed by atoms with Crippen LogP contribution in [0.4, 0.5) is 9.18 Å². The zero-order valence-corrected chi connectivity index (χ0v) is 18.2. The molecule has 152 valence electrons. The third kappa shape index (κ3) is 7.49. The molecular formula is C18H29FIN5O2. The van der Waals surface area contributed by atoms with E-state index < -0.39 is 0 Å². The van der Waals surface area contributed by atoms with E-state index in [2.05, 4.69) is 15.6 Å². The zero-order valence-electron chi connectivity index (χ0n) is 15.8. The van der Waals surface area contributed by atoms with Gasteiger partial charge in [-0.1, -0.05) is 6.07 Å². The molecule has 7 nitrogen and oxygen atoms in total. The second-order valence-electron chi connectivity index (χ2n) is 6.30. The highest BCUT2D eigenvalue weighted by Gasteiger charge is 2.21. The molecule has 0 aliphatic carbocycles. The number of halogens is 2. The van der Waals surface area contributed by atoms with E-state index in [-0.39, 0.29) is 48.5 Å². The first-order chi connectivity index (χ1) is 12.5. The average Bonchev–Trinajstić information content (AvgIpc) is 2.63. The van der Waals surface area contributed by atoms with Gasteiger partial charge in [0, 0.05) is 38.3 Å². The first-order valence-corrected chi connectivity index (χ1v) is 8.89. The third-order valence-electron chi connectivity index (χ3n) is 4.32. The summed E-state index contributed by atoms with van der Waals surface area (Å²) in [4.78, 5) is 17.4. The molecule has 1 aromatic rings. The minimum atomic E-state index is -0.368. The molecule has 4 N–H and O–H groups in total. The summed E-state index contributed by atoms with van der Waals surface area (Å²) in [5, 5.41) is 6.62. The van der Waals surface area contributed by atoms with Gasteiger partial charge in [0.05, 0.1) is 13.2 Å². The Bertz CT molecular complexity index is 636. The minimum absolute atomic E-state index is 0. The summed E-state index contributed by atoms with van der Waals surface area (Å²) in [6.07, 6.45) is 1.64. The smallest absolute Gasteiger partial charge is 0.314 e. The number of hydrogen-bond donors (Lipinski definition) is 3. The second-order valence-corrected chi connectivity index (χ2v) is 6.30. The molecule has 1 fully saturated rings. The Morgan fingerprint density at radius 1 is 1.41 bits per heavy atom. The van der Waals surface area contributed by atoms with E-state index in [1.165, 1.54) is 6.07 Å². The molecule has 1 aromatic carbocycles.